The van der Waals surface area contributed by atoms with Crippen LogP contribution in [0.25, 0.3) is 0 Å². The van der Waals surface area contributed by atoms with E-state index in [1.165, 1.54) is 6.42 Å². The van der Waals surface area contributed by atoms with Crippen LogP contribution in [0.5, 0.6) is 0 Å². The molecule has 2 rings (SSSR count). The highest BCUT2D eigenvalue weighted by Crippen LogP contribution is 2.15. The fourth-order valence-electron chi connectivity index (χ4n) is 2.49. The second kappa shape index (κ2) is 7.40. The Morgan fingerprint density at radius 3 is 2.90 bits per heavy atom. The van der Waals surface area contributed by atoms with Gasteiger partial charge >= 0.3 is 11.8 Å². The van der Waals surface area contributed by atoms with E-state index < -0.39 is 11.8 Å². The summed E-state index contributed by atoms with van der Waals surface area (Å²) in [5, 5.41) is 7.31. The van der Waals surface area contributed by atoms with Gasteiger partial charge < -0.3 is 10.6 Å². The zero-order valence-corrected chi connectivity index (χ0v) is 12.5. The first-order valence-corrected chi connectivity index (χ1v) is 7.91. The van der Waals surface area contributed by atoms with E-state index in [4.69, 9.17) is 0 Å². The Hall–Kier alpha value is -1.40. The molecule has 0 spiro atoms. The zero-order valence-electron chi connectivity index (χ0n) is 11.7. The van der Waals surface area contributed by atoms with E-state index in [9.17, 15) is 9.59 Å². The van der Waals surface area contributed by atoms with E-state index in [2.05, 4.69) is 22.5 Å². The summed E-state index contributed by atoms with van der Waals surface area (Å²) in [5.41, 5.74) is 0. The average Bonchev–Trinajstić information content (AvgIpc) is 3.12. The summed E-state index contributed by atoms with van der Waals surface area (Å²) in [5.74, 6) is -1.09. The Labute approximate surface area is 123 Å². The van der Waals surface area contributed by atoms with Crippen molar-refractivity contribution in [1.29, 1.82) is 0 Å². The lowest BCUT2D eigenvalue weighted by molar-refractivity contribution is -0.139. The summed E-state index contributed by atoms with van der Waals surface area (Å²) < 4.78 is 0. The van der Waals surface area contributed by atoms with Crippen molar-refractivity contribution in [1.82, 2.24) is 15.5 Å². The lowest BCUT2D eigenvalue weighted by atomic mass is 10.2. The molecule has 1 atom stereocenters. The molecule has 2 amide bonds. The summed E-state index contributed by atoms with van der Waals surface area (Å²) in [6.45, 7) is 5.16. The molecule has 0 radical (unpaired) electrons. The SMILES string of the molecule is CCN1CCC[C@@H]1CNC(=O)C(=O)NCc1cccs1. The molecule has 1 aliphatic rings. The normalized spacial score (nSPS) is 18.9. The van der Waals surface area contributed by atoms with Gasteiger partial charge in [-0.25, -0.2) is 0 Å². The van der Waals surface area contributed by atoms with Crippen LogP contribution in [-0.4, -0.2) is 42.4 Å². The number of nitrogens with zero attached hydrogens (tertiary/aromatic N) is 1. The zero-order chi connectivity index (χ0) is 14.4. The number of rotatable bonds is 5. The van der Waals surface area contributed by atoms with Crippen molar-refractivity contribution in [3.8, 4) is 0 Å². The van der Waals surface area contributed by atoms with Gasteiger partial charge in [-0.05, 0) is 37.4 Å². The van der Waals surface area contributed by atoms with Crippen molar-refractivity contribution in [2.75, 3.05) is 19.6 Å². The second-order valence-corrected chi connectivity index (χ2v) is 5.93. The van der Waals surface area contributed by atoms with Crippen LogP contribution in [0, 0.1) is 0 Å². The number of thiophene rings is 1. The van der Waals surface area contributed by atoms with Gasteiger partial charge in [-0.15, -0.1) is 11.3 Å². The summed E-state index contributed by atoms with van der Waals surface area (Å²) in [4.78, 5) is 26.8. The molecule has 1 aromatic heterocycles. The quantitative estimate of drug-likeness (QED) is 0.796. The molecule has 0 bridgehead atoms. The Balaban J connectivity index is 1.70. The molecular formula is C14H21N3O2S. The molecule has 1 aliphatic heterocycles. The van der Waals surface area contributed by atoms with Gasteiger partial charge in [0.1, 0.15) is 0 Å². The van der Waals surface area contributed by atoms with Crippen molar-refractivity contribution in [2.24, 2.45) is 0 Å². The molecule has 0 aromatic carbocycles. The fraction of sp³-hybridized carbons (Fsp3) is 0.571. The Bertz CT molecular complexity index is 447. The standard InChI is InChI=1S/C14H21N3O2S/c1-2-17-7-3-5-11(17)9-15-13(18)14(19)16-10-12-6-4-8-20-12/h4,6,8,11H,2-3,5,7,9-10H2,1H3,(H,15,18)(H,16,19)/t11-/m1/s1. The van der Waals surface area contributed by atoms with Crippen LogP contribution >= 0.6 is 11.3 Å². The van der Waals surface area contributed by atoms with Crippen molar-refractivity contribution in [3.63, 3.8) is 0 Å². The topological polar surface area (TPSA) is 61.4 Å². The number of amides is 2. The minimum atomic E-state index is -0.556. The maximum atomic E-state index is 11.7. The van der Waals surface area contributed by atoms with Crippen LogP contribution < -0.4 is 10.6 Å². The third-order valence-corrected chi connectivity index (χ3v) is 4.49. The Morgan fingerprint density at radius 1 is 1.40 bits per heavy atom. The molecule has 1 saturated heterocycles. The van der Waals surface area contributed by atoms with Gasteiger partial charge in [0.15, 0.2) is 0 Å². The van der Waals surface area contributed by atoms with Gasteiger partial charge in [-0.1, -0.05) is 13.0 Å². The lowest BCUT2D eigenvalue weighted by Crippen LogP contribution is -2.45. The molecular weight excluding hydrogens is 274 g/mol. The molecule has 20 heavy (non-hydrogen) atoms. The van der Waals surface area contributed by atoms with Gasteiger partial charge in [0.2, 0.25) is 0 Å². The highest BCUT2D eigenvalue weighted by molar-refractivity contribution is 7.09. The van der Waals surface area contributed by atoms with Crippen LogP contribution in [0.2, 0.25) is 0 Å². The first kappa shape index (κ1) is 15.0. The van der Waals surface area contributed by atoms with Crippen molar-refractivity contribution < 1.29 is 9.59 Å². The molecule has 0 aliphatic carbocycles. The van der Waals surface area contributed by atoms with Gasteiger partial charge in [-0.3, -0.25) is 14.5 Å². The first-order valence-electron chi connectivity index (χ1n) is 7.03. The predicted octanol–water partition coefficient (Wildman–Crippen LogP) is 0.965. The maximum Gasteiger partial charge on any atom is 0.309 e. The van der Waals surface area contributed by atoms with E-state index in [1.54, 1.807) is 11.3 Å². The van der Waals surface area contributed by atoms with Crippen LogP contribution in [0.1, 0.15) is 24.6 Å². The van der Waals surface area contributed by atoms with Crippen LogP contribution in [0.15, 0.2) is 17.5 Å². The lowest BCUT2D eigenvalue weighted by Gasteiger charge is -2.22. The fourth-order valence-corrected chi connectivity index (χ4v) is 3.14. The smallest absolute Gasteiger partial charge is 0.309 e. The molecule has 2 N–H and O–H groups in total. The molecule has 2 heterocycles. The third-order valence-electron chi connectivity index (χ3n) is 3.61. The molecule has 0 saturated carbocycles. The number of nitrogens with one attached hydrogen (secondary N) is 2. The van der Waals surface area contributed by atoms with Crippen molar-refractivity contribution >= 4 is 23.2 Å². The summed E-state index contributed by atoms with van der Waals surface area (Å²) in [7, 11) is 0. The number of hydrogen-bond acceptors (Lipinski definition) is 4. The Morgan fingerprint density at radius 2 is 2.20 bits per heavy atom. The predicted molar refractivity (Wildman–Crippen MR) is 79.4 cm³/mol. The van der Waals surface area contributed by atoms with E-state index in [0.29, 0.717) is 19.1 Å². The molecule has 110 valence electrons. The van der Waals surface area contributed by atoms with Crippen LogP contribution in [0.3, 0.4) is 0 Å². The van der Waals surface area contributed by atoms with Gasteiger partial charge in [0, 0.05) is 17.5 Å². The number of hydrogen-bond donors (Lipinski definition) is 2. The number of carbonyl (C=O) groups is 2. The summed E-state index contributed by atoms with van der Waals surface area (Å²) in [6.07, 6.45) is 2.25. The van der Waals surface area contributed by atoms with Gasteiger partial charge in [0.25, 0.3) is 0 Å². The van der Waals surface area contributed by atoms with E-state index in [1.807, 2.05) is 17.5 Å². The molecule has 6 heteroatoms. The van der Waals surface area contributed by atoms with E-state index in [0.717, 1.165) is 24.4 Å². The maximum absolute atomic E-state index is 11.7. The van der Waals surface area contributed by atoms with Crippen LogP contribution in [0.4, 0.5) is 0 Å². The summed E-state index contributed by atoms with van der Waals surface area (Å²) in [6, 6.07) is 4.22. The monoisotopic (exact) mass is 295 g/mol. The molecule has 1 fully saturated rings. The molecule has 0 unspecified atom stereocenters. The Kier molecular flexibility index (Phi) is 5.55. The average molecular weight is 295 g/mol. The number of carbonyl (C=O) groups excluding carboxylic acids is 2. The highest BCUT2D eigenvalue weighted by Gasteiger charge is 2.24. The van der Waals surface area contributed by atoms with E-state index >= 15 is 0 Å². The molecule has 1 aromatic rings. The number of likely N-dealkylation sites (tertiary alicyclic amines) is 1. The molecule has 5 nitrogen and oxygen atoms in total. The minimum absolute atomic E-state index is 0.369. The van der Waals surface area contributed by atoms with Crippen molar-refractivity contribution in [2.45, 2.75) is 32.4 Å². The van der Waals surface area contributed by atoms with Crippen LogP contribution in [-0.2, 0) is 16.1 Å². The second-order valence-electron chi connectivity index (χ2n) is 4.90. The number of likely N-dealkylation sites (N-methyl/N-ethyl adjacent to an activating group) is 1. The van der Waals surface area contributed by atoms with Gasteiger partial charge in [-0.2, -0.15) is 0 Å². The van der Waals surface area contributed by atoms with Crippen molar-refractivity contribution in [3.05, 3.63) is 22.4 Å². The van der Waals surface area contributed by atoms with E-state index in [-0.39, 0.29) is 0 Å². The third kappa shape index (κ3) is 4.05. The minimum Gasteiger partial charge on any atom is -0.346 e. The largest absolute Gasteiger partial charge is 0.346 e. The van der Waals surface area contributed by atoms with Gasteiger partial charge in [0.05, 0.1) is 6.54 Å². The first-order chi connectivity index (χ1) is 9.70. The summed E-state index contributed by atoms with van der Waals surface area (Å²) >= 11 is 1.56. The highest BCUT2D eigenvalue weighted by atomic mass is 32.1.